The van der Waals surface area contributed by atoms with Gasteiger partial charge in [0.1, 0.15) is 5.75 Å². The lowest BCUT2D eigenvalue weighted by molar-refractivity contribution is 0.163. The van der Waals surface area contributed by atoms with Crippen molar-refractivity contribution in [1.29, 1.82) is 0 Å². The van der Waals surface area contributed by atoms with Gasteiger partial charge in [0.15, 0.2) is 0 Å². The van der Waals surface area contributed by atoms with E-state index >= 15 is 0 Å². The van der Waals surface area contributed by atoms with E-state index in [-0.39, 0.29) is 18.1 Å². The second kappa shape index (κ2) is 5.88. The fourth-order valence-electron chi connectivity index (χ4n) is 1.30. The lowest BCUT2D eigenvalue weighted by Crippen LogP contribution is -2.30. The molecule has 6 heteroatoms. The number of hydrogen-bond acceptors (Lipinski definition) is 4. The van der Waals surface area contributed by atoms with E-state index in [2.05, 4.69) is 0 Å². The summed E-state index contributed by atoms with van der Waals surface area (Å²) < 4.78 is 29.9. The van der Waals surface area contributed by atoms with Gasteiger partial charge in [0.25, 0.3) is 0 Å². The average Bonchev–Trinajstić information content (AvgIpc) is 2.28. The molecule has 0 atom stereocenters. The molecule has 0 bridgehead atoms. The van der Waals surface area contributed by atoms with Gasteiger partial charge in [0.2, 0.25) is 10.0 Å². The number of ether oxygens (including phenoxy) is 1. The second-order valence-corrected chi connectivity index (χ2v) is 5.62. The first-order chi connectivity index (χ1) is 7.97. The van der Waals surface area contributed by atoms with Crippen LogP contribution in [-0.4, -0.2) is 39.5 Å². The number of anilines is 1. The van der Waals surface area contributed by atoms with Crippen LogP contribution in [0.4, 0.5) is 5.69 Å². The third kappa shape index (κ3) is 3.90. The molecule has 0 heterocycles. The largest absolute Gasteiger partial charge is 0.508 e. The highest BCUT2D eigenvalue weighted by molar-refractivity contribution is 7.92. The fraction of sp³-hybridized carbons (Fsp3) is 0.455. The van der Waals surface area contributed by atoms with Crippen molar-refractivity contribution in [3.8, 4) is 5.75 Å². The van der Waals surface area contributed by atoms with E-state index < -0.39 is 10.0 Å². The van der Waals surface area contributed by atoms with Crippen LogP contribution < -0.4 is 4.31 Å². The predicted molar refractivity (Wildman–Crippen MR) is 66.8 cm³/mol. The minimum Gasteiger partial charge on any atom is -0.508 e. The van der Waals surface area contributed by atoms with Crippen LogP contribution in [0.2, 0.25) is 0 Å². The Morgan fingerprint density at radius 2 is 2.12 bits per heavy atom. The smallest absolute Gasteiger partial charge is 0.237 e. The van der Waals surface area contributed by atoms with Crippen molar-refractivity contribution >= 4 is 15.7 Å². The zero-order chi connectivity index (χ0) is 12.9. The van der Waals surface area contributed by atoms with E-state index in [0.717, 1.165) is 4.31 Å². The molecule has 1 N–H and O–H groups in total. The molecule has 0 amide bonds. The molecule has 5 nitrogen and oxygen atoms in total. The standard InChI is InChI=1S/C11H17NO4S/c1-3-16-7-8-17(14,15)12(2)10-5-4-6-11(13)9-10/h4-6,9,13H,3,7-8H2,1-2H3. The van der Waals surface area contributed by atoms with Crippen LogP contribution in [0.3, 0.4) is 0 Å². The van der Waals surface area contributed by atoms with Gasteiger partial charge in [-0.3, -0.25) is 4.31 Å². The Bertz CT molecular complexity index is 458. The summed E-state index contributed by atoms with van der Waals surface area (Å²) in [6, 6.07) is 6.11. The Morgan fingerprint density at radius 3 is 2.71 bits per heavy atom. The van der Waals surface area contributed by atoms with E-state index in [1.807, 2.05) is 6.92 Å². The molecule has 0 fully saturated rings. The molecule has 0 saturated carbocycles. The van der Waals surface area contributed by atoms with E-state index in [0.29, 0.717) is 12.3 Å². The van der Waals surface area contributed by atoms with Crippen molar-refractivity contribution in [2.24, 2.45) is 0 Å². The molecule has 1 aromatic carbocycles. The number of nitrogens with zero attached hydrogens (tertiary/aromatic N) is 1. The van der Waals surface area contributed by atoms with Gasteiger partial charge in [-0.1, -0.05) is 6.07 Å². The van der Waals surface area contributed by atoms with Gasteiger partial charge in [0, 0.05) is 19.7 Å². The molecule has 0 spiro atoms. The maximum atomic E-state index is 11.9. The summed E-state index contributed by atoms with van der Waals surface area (Å²) in [5.74, 6) is -0.0399. The fourth-order valence-corrected chi connectivity index (χ4v) is 2.33. The van der Waals surface area contributed by atoms with Gasteiger partial charge >= 0.3 is 0 Å². The molecule has 0 unspecified atom stereocenters. The summed E-state index contributed by atoms with van der Waals surface area (Å²) in [6.07, 6.45) is 0. The Morgan fingerprint density at radius 1 is 1.41 bits per heavy atom. The summed E-state index contributed by atoms with van der Waals surface area (Å²) in [7, 11) is -1.95. The summed E-state index contributed by atoms with van der Waals surface area (Å²) in [5.41, 5.74) is 0.432. The number of sulfonamides is 1. The first kappa shape index (κ1) is 13.8. The summed E-state index contributed by atoms with van der Waals surface area (Å²) in [4.78, 5) is 0. The van der Waals surface area contributed by atoms with E-state index in [1.54, 1.807) is 12.1 Å². The zero-order valence-corrected chi connectivity index (χ0v) is 10.8. The molecule has 0 radical (unpaired) electrons. The maximum Gasteiger partial charge on any atom is 0.237 e. The Labute approximate surface area is 102 Å². The minimum absolute atomic E-state index is 0.0364. The predicted octanol–water partition coefficient (Wildman–Crippen LogP) is 1.19. The Hall–Kier alpha value is -1.27. The van der Waals surface area contributed by atoms with Crippen LogP contribution >= 0.6 is 0 Å². The molecule has 1 aromatic rings. The van der Waals surface area contributed by atoms with Crippen LogP contribution in [0.15, 0.2) is 24.3 Å². The molecule has 0 aromatic heterocycles. The zero-order valence-electron chi connectivity index (χ0n) is 9.96. The molecular formula is C11H17NO4S. The number of phenolic OH excluding ortho intramolecular Hbond substituents is 1. The third-order valence-electron chi connectivity index (χ3n) is 2.30. The van der Waals surface area contributed by atoms with E-state index in [4.69, 9.17) is 4.74 Å². The second-order valence-electron chi connectivity index (χ2n) is 3.50. The van der Waals surface area contributed by atoms with Crippen molar-refractivity contribution in [2.75, 3.05) is 30.3 Å². The molecule has 1 rings (SSSR count). The van der Waals surface area contributed by atoms with Gasteiger partial charge in [-0.2, -0.15) is 0 Å². The van der Waals surface area contributed by atoms with Crippen LogP contribution in [0.25, 0.3) is 0 Å². The molecule has 0 aliphatic carbocycles. The molecular weight excluding hydrogens is 242 g/mol. The van der Waals surface area contributed by atoms with Gasteiger partial charge < -0.3 is 9.84 Å². The van der Waals surface area contributed by atoms with Crippen molar-refractivity contribution in [2.45, 2.75) is 6.92 Å². The monoisotopic (exact) mass is 259 g/mol. The minimum atomic E-state index is -3.41. The van der Waals surface area contributed by atoms with Gasteiger partial charge in [-0.15, -0.1) is 0 Å². The topological polar surface area (TPSA) is 66.8 Å². The number of rotatable bonds is 6. The lowest BCUT2D eigenvalue weighted by atomic mass is 10.3. The third-order valence-corrected chi connectivity index (χ3v) is 4.03. The van der Waals surface area contributed by atoms with Crippen LogP contribution in [0.1, 0.15) is 6.92 Å². The first-order valence-corrected chi connectivity index (χ1v) is 6.91. The molecule has 0 aliphatic heterocycles. The van der Waals surface area contributed by atoms with Gasteiger partial charge in [-0.05, 0) is 19.1 Å². The van der Waals surface area contributed by atoms with Crippen molar-refractivity contribution in [1.82, 2.24) is 0 Å². The quantitative estimate of drug-likeness (QED) is 0.779. The highest BCUT2D eigenvalue weighted by atomic mass is 32.2. The number of phenols is 1. The Kier molecular flexibility index (Phi) is 4.77. The first-order valence-electron chi connectivity index (χ1n) is 5.30. The molecule has 96 valence electrons. The normalized spacial score (nSPS) is 11.4. The highest BCUT2D eigenvalue weighted by Crippen LogP contribution is 2.21. The van der Waals surface area contributed by atoms with Crippen LogP contribution in [0.5, 0.6) is 5.75 Å². The van der Waals surface area contributed by atoms with Crippen molar-refractivity contribution < 1.29 is 18.3 Å². The maximum absolute atomic E-state index is 11.9. The molecule has 0 aliphatic rings. The molecule has 0 saturated heterocycles. The SMILES string of the molecule is CCOCCS(=O)(=O)N(C)c1cccc(O)c1. The highest BCUT2D eigenvalue weighted by Gasteiger charge is 2.18. The van der Waals surface area contributed by atoms with Crippen molar-refractivity contribution in [3.05, 3.63) is 24.3 Å². The number of benzene rings is 1. The number of aromatic hydroxyl groups is 1. The van der Waals surface area contributed by atoms with Gasteiger partial charge in [-0.25, -0.2) is 8.42 Å². The summed E-state index contributed by atoms with van der Waals surface area (Å²) >= 11 is 0. The van der Waals surface area contributed by atoms with Crippen LogP contribution in [0, 0.1) is 0 Å². The van der Waals surface area contributed by atoms with Crippen LogP contribution in [-0.2, 0) is 14.8 Å². The average molecular weight is 259 g/mol. The lowest BCUT2D eigenvalue weighted by Gasteiger charge is -2.19. The van der Waals surface area contributed by atoms with Crippen molar-refractivity contribution in [3.63, 3.8) is 0 Å². The summed E-state index contributed by atoms with van der Waals surface area (Å²) in [5, 5.41) is 9.30. The molecule has 17 heavy (non-hydrogen) atoms. The van der Waals surface area contributed by atoms with E-state index in [9.17, 15) is 13.5 Å². The summed E-state index contributed by atoms with van der Waals surface area (Å²) in [6.45, 7) is 2.47. The number of hydrogen-bond donors (Lipinski definition) is 1. The van der Waals surface area contributed by atoms with Gasteiger partial charge in [0.05, 0.1) is 18.0 Å². The Balaban J connectivity index is 2.78. The van der Waals surface area contributed by atoms with E-state index in [1.165, 1.54) is 19.2 Å².